The molecule has 2 rings (SSSR count). The molecule has 0 aliphatic rings. The number of carbonyl (C=O) groups is 2. The van der Waals surface area contributed by atoms with Crippen LogP contribution in [-0.2, 0) is 4.79 Å². The second-order valence-electron chi connectivity index (χ2n) is 5.84. The molecule has 1 N–H and O–H groups in total. The molecule has 0 aliphatic carbocycles. The van der Waals surface area contributed by atoms with Crippen molar-refractivity contribution in [2.24, 2.45) is 0 Å². The molecule has 0 atom stereocenters. The molecular formula is C20H16F4O5. The van der Waals surface area contributed by atoms with E-state index in [1.54, 1.807) is 0 Å². The van der Waals surface area contributed by atoms with Crippen molar-refractivity contribution >= 4 is 18.0 Å². The average molecular weight is 412 g/mol. The third kappa shape index (κ3) is 7.65. The molecule has 9 heteroatoms. The fourth-order valence-electron chi connectivity index (χ4n) is 2.19. The van der Waals surface area contributed by atoms with Gasteiger partial charge in [-0.1, -0.05) is 12.1 Å². The van der Waals surface area contributed by atoms with E-state index in [4.69, 9.17) is 14.6 Å². The first-order valence-corrected chi connectivity index (χ1v) is 8.36. The van der Waals surface area contributed by atoms with Crippen LogP contribution >= 0.6 is 0 Å². The van der Waals surface area contributed by atoms with Gasteiger partial charge in [-0.05, 0) is 42.3 Å². The molecule has 5 nitrogen and oxygen atoms in total. The summed E-state index contributed by atoms with van der Waals surface area (Å²) >= 11 is 0. The van der Waals surface area contributed by atoms with Crippen LogP contribution in [0.25, 0.3) is 6.08 Å². The predicted molar refractivity (Wildman–Crippen MR) is 95.3 cm³/mol. The second kappa shape index (κ2) is 9.72. The molecule has 0 saturated carbocycles. The minimum atomic E-state index is -4.28. The Morgan fingerprint density at radius 2 is 1.69 bits per heavy atom. The van der Waals surface area contributed by atoms with Crippen molar-refractivity contribution in [1.29, 1.82) is 0 Å². The minimum absolute atomic E-state index is 0.00389. The van der Waals surface area contributed by atoms with Gasteiger partial charge in [-0.3, -0.25) is 0 Å². The van der Waals surface area contributed by atoms with Gasteiger partial charge in [0, 0.05) is 18.6 Å². The van der Waals surface area contributed by atoms with Gasteiger partial charge in [0.1, 0.15) is 17.3 Å². The van der Waals surface area contributed by atoms with Gasteiger partial charge in [0.05, 0.1) is 12.2 Å². The van der Waals surface area contributed by atoms with E-state index in [0.717, 1.165) is 18.2 Å². The molecular weight excluding hydrogens is 396 g/mol. The summed E-state index contributed by atoms with van der Waals surface area (Å²) < 4.78 is 60.4. The molecule has 29 heavy (non-hydrogen) atoms. The van der Waals surface area contributed by atoms with Crippen LogP contribution in [0.4, 0.5) is 17.6 Å². The lowest BCUT2D eigenvalue weighted by atomic mass is 10.2. The van der Waals surface area contributed by atoms with Crippen LogP contribution in [0.3, 0.4) is 0 Å². The normalized spacial score (nSPS) is 11.4. The lowest BCUT2D eigenvalue weighted by molar-refractivity contribution is -0.136. The van der Waals surface area contributed by atoms with Crippen LogP contribution in [0, 0.1) is 5.82 Å². The van der Waals surface area contributed by atoms with Crippen molar-refractivity contribution in [2.75, 3.05) is 6.61 Å². The highest BCUT2D eigenvalue weighted by atomic mass is 19.4. The number of carbonyl (C=O) groups excluding carboxylic acids is 1. The lowest BCUT2D eigenvalue weighted by Crippen LogP contribution is -2.11. The van der Waals surface area contributed by atoms with Crippen molar-refractivity contribution in [3.8, 4) is 11.5 Å². The molecule has 0 heterocycles. The number of hydrogen-bond acceptors (Lipinski definition) is 4. The summed E-state index contributed by atoms with van der Waals surface area (Å²) in [6.45, 7) is -0.245. The van der Waals surface area contributed by atoms with Crippen molar-refractivity contribution in [1.82, 2.24) is 0 Å². The zero-order valence-corrected chi connectivity index (χ0v) is 14.9. The third-order valence-electron chi connectivity index (χ3n) is 3.54. The maximum atomic E-state index is 14.1. The molecule has 0 amide bonds. The third-order valence-corrected chi connectivity index (χ3v) is 3.54. The second-order valence-corrected chi connectivity index (χ2v) is 5.84. The summed E-state index contributed by atoms with van der Waals surface area (Å²) in [6.07, 6.45) is -3.27. The van der Waals surface area contributed by atoms with E-state index in [-0.39, 0.29) is 30.1 Å². The van der Waals surface area contributed by atoms with Crippen molar-refractivity contribution in [3.05, 3.63) is 65.5 Å². The Kier molecular flexibility index (Phi) is 7.35. The van der Waals surface area contributed by atoms with Crippen LogP contribution < -0.4 is 9.47 Å². The number of benzene rings is 2. The van der Waals surface area contributed by atoms with Gasteiger partial charge >= 0.3 is 18.1 Å². The van der Waals surface area contributed by atoms with Crippen LogP contribution in [-0.4, -0.2) is 29.8 Å². The number of carboxylic acid groups (broad SMARTS) is 1. The Bertz CT molecular complexity index is 889. The Morgan fingerprint density at radius 3 is 2.28 bits per heavy atom. The van der Waals surface area contributed by atoms with Crippen molar-refractivity contribution < 1.29 is 41.7 Å². The number of esters is 1. The molecule has 0 aromatic heterocycles. The number of ether oxygens (including phenoxy) is 2. The summed E-state index contributed by atoms with van der Waals surface area (Å²) in [5, 5.41) is 8.57. The molecule has 0 fully saturated rings. The Labute approximate surface area is 163 Å². The first-order chi connectivity index (χ1) is 13.6. The summed E-state index contributed by atoms with van der Waals surface area (Å²) in [6, 6.07) is 9.11. The maximum absolute atomic E-state index is 14.1. The Balaban J connectivity index is 1.94. The van der Waals surface area contributed by atoms with Gasteiger partial charge < -0.3 is 14.6 Å². The van der Waals surface area contributed by atoms with Crippen LogP contribution in [0.1, 0.15) is 28.8 Å². The fraction of sp³-hybridized carbons (Fsp3) is 0.200. The monoisotopic (exact) mass is 412 g/mol. The molecule has 2 aromatic carbocycles. The zero-order chi connectivity index (χ0) is 21.4. The smallest absolute Gasteiger partial charge is 0.389 e. The molecule has 0 aliphatic heterocycles. The highest BCUT2D eigenvalue weighted by molar-refractivity contribution is 5.91. The van der Waals surface area contributed by atoms with Crippen molar-refractivity contribution in [2.45, 2.75) is 19.0 Å². The summed E-state index contributed by atoms with van der Waals surface area (Å²) in [5.74, 6) is -2.90. The van der Waals surface area contributed by atoms with Crippen molar-refractivity contribution in [3.63, 3.8) is 0 Å². The van der Waals surface area contributed by atoms with Crippen LogP contribution in [0.5, 0.6) is 11.5 Å². The molecule has 0 bridgehead atoms. The van der Waals surface area contributed by atoms with Gasteiger partial charge in [0.25, 0.3) is 0 Å². The van der Waals surface area contributed by atoms with Gasteiger partial charge in [-0.2, -0.15) is 13.2 Å². The SMILES string of the molecule is O=C(O)C=Cc1ccc(OC(=O)c2ccc(OCCCC(F)(F)F)cc2F)cc1. The number of alkyl halides is 3. The van der Waals surface area contributed by atoms with E-state index in [9.17, 15) is 27.2 Å². The van der Waals surface area contributed by atoms with Gasteiger partial charge in [0.2, 0.25) is 0 Å². The minimum Gasteiger partial charge on any atom is -0.493 e. The van der Waals surface area contributed by atoms with E-state index in [1.807, 2.05) is 0 Å². The molecule has 2 aromatic rings. The van der Waals surface area contributed by atoms with Crippen LogP contribution in [0.2, 0.25) is 0 Å². The molecule has 154 valence electrons. The number of rotatable bonds is 8. The summed E-state index contributed by atoms with van der Waals surface area (Å²) in [5.41, 5.74) is 0.188. The molecule has 0 radical (unpaired) electrons. The number of hydrogen-bond donors (Lipinski definition) is 1. The average Bonchev–Trinajstić information content (AvgIpc) is 2.64. The summed E-state index contributed by atoms with van der Waals surface area (Å²) in [4.78, 5) is 22.6. The molecule has 0 saturated heterocycles. The molecule has 0 unspecified atom stereocenters. The zero-order valence-electron chi connectivity index (χ0n) is 14.9. The number of carboxylic acids is 1. The standard InChI is InChI=1S/C20H16F4O5/c21-17-12-15(28-11-1-10-20(22,23)24)7-8-16(17)19(27)29-14-5-2-13(3-6-14)4-9-18(25)26/h2-9,12H,1,10-11H2,(H,25,26). The molecule has 0 spiro atoms. The lowest BCUT2D eigenvalue weighted by Gasteiger charge is -2.10. The Hall–Kier alpha value is -3.36. The largest absolute Gasteiger partial charge is 0.493 e. The first kappa shape index (κ1) is 21.9. The highest BCUT2D eigenvalue weighted by Gasteiger charge is 2.26. The first-order valence-electron chi connectivity index (χ1n) is 8.36. The van der Waals surface area contributed by atoms with E-state index >= 15 is 0 Å². The van der Waals surface area contributed by atoms with E-state index in [1.165, 1.54) is 36.4 Å². The van der Waals surface area contributed by atoms with Gasteiger partial charge in [-0.15, -0.1) is 0 Å². The van der Waals surface area contributed by atoms with Gasteiger partial charge in [-0.25, -0.2) is 14.0 Å². The topological polar surface area (TPSA) is 72.8 Å². The van der Waals surface area contributed by atoms with E-state index < -0.39 is 30.4 Å². The van der Waals surface area contributed by atoms with Crippen LogP contribution in [0.15, 0.2) is 48.5 Å². The quantitative estimate of drug-likeness (QED) is 0.220. The van der Waals surface area contributed by atoms with E-state index in [0.29, 0.717) is 5.56 Å². The predicted octanol–water partition coefficient (Wildman–Crippen LogP) is 4.86. The Morgan fingerprint density at radius 1 is 1.03 bits per heavy atom. The number of aliphatic carboxylic acids is 1. The van der Waals surface area contributed by atoms with E-state index in [2.05, 4.69) is 0 Å². The maximum Gasteiger partial charge on any atom is 0.389 e. The highest BCUT2D eigenvalue weighted by Crippen LogP contribution is 2.23. The summed E-state index contributed by atoms with van der Waals surface area (Å²) in [7, 11) is 0. The number of halogens is 4. The fourth-order valence-corrected chi connectivity index (χ4v) is 2.19. The van der Waals surface area contributed by atoms with Gasteiger partial charge in [0.15, 0.2) is 0 Å².